The lowest BCUT2D eigenvalue weighted by molar-refractivity contribution is -0.139. The van der Waals surface area contributed by atoms with Crippen molar-refractivity contribution >= 4 is 29.1 Å². The van der Waals surface area contributed by atoms with E-state index in [-0.39, 0.29) is 23.6 Å². The van der Waals surface area contributed by atoms with Crippen LogP contribution in [0.25, 0.3) is 5.76 Å². The summed E-state index contributed by atoms with van der Waals surface area (Å²) in [5.74, 6) is -0.987. The Morgan fingerprint density at radius 1 is 0.971 bits per heavy atom. The van der Waals surface area contributed by atoms with Gasteiger partial charge in [0.2, 0.25) is 0 Å². The molecule has 0 saturated carbocycles. The van der Waals surface area contributed by atoms with Crippen LogP contribution >= 0.6 is 11.6 Å². The molecule has 2 N–H and O–H groups in total. The number of amides is 1. The number of rotatable bonds is 7. The van der Waals surface area contributed by atoms with Crippen LogP contribution in [-0.2, 0) is 16.0 Å². The van der Waals surface area contributed by atoms with E-state index in [1.807, 2.05) is 19.1 Å². The summed E-state index contributed by atoms with van der Waals surface area (Å²) in [4.78, 5) is 27.6. The first-order valence-corrected chi connectivity index (χ1v) is 11.3. The van der Waals surface area contributed by atoms with Crippen molar-refractivity contribution in [3.05, 3.63) is 100 Å². The minimum Gasteiger partial charge on any atom is -0.508 e. The maximum Gasteiger partial charge on any atom is 0.295 e. The summed E-state index contributed by atoms with van der Waals surface area (Å²) in [7, 11) is 0. The normalized spacial score (nSPS) is 17.2. The van der Waals surface area contributed by atoms with Gasteiger partial charge in [-0.25, -0.2) is 0 Å². The van der Waals surface area contributed by atoms with Crippen molar-refractivity contribution in [2.45, 2.75) is 19.4 Å². The van der Waals surface area contributed by atoms with Crippen LogP contribution in [0.5, 0.6) is 11.5 Å². The number of ketones is 1. The third kappa shape index (κ3) is 4.77. The van der Waals surface area contributed by atoms with Gasteiger partial charge in [0.05, 0.1) is 18.2 Å². The van der Waals surface area contributed by atoms with Gasteiger partial charge in [-0.2, -0.15) is 0 Å². The molecule has 1 atom stereocenters. The number of carbonyl (C=O) groups excluding carboxylic acids is 2. The Hall–Kier alpha value is -3.77. The summed E-state index contributed by atoms with van der Waals surface area (Å²) in [5.41, 5.74) is 1.99. The standard InChI is InChI=1S/C27H24ClNO5/c1-2-34-22-13-7-19(8-14-22)25(31)23-24(18-5-11-21(30)12-6-18)29(27(33)26(23)32)16-15-17-3-9-20(28)10-4-17/h3-14,24,30-31H,2,15-16H2,1H3/b25-23-. The smallest absolute Gasteiger partial charge is 0.295 e. The number of aromatic hydroxyl groups is 1. The third-order valence-corrected chi connectivity index (χ3v) is 5.99. The van der Waals surface area contributed by atoms with Crippen molar-refractivity contribution in [1.29, 1.82) is 0 Å². The topological polar surface area (TPSA) is 87.1 Å². The average molecular weight is 478 g/mol. The number of aliphatic hydroxyl groups excluding tert-OH is 1. The number of hydrogen-bond acceptors (Lipinski definition) is 5. The first kappa shape index (κ1) is 23.4. The quantitative estimate of drug-likeness (QED) is 0.280. The van der Waals surface area contributed by atoms with Gasteiger partial charge in [-0.05, 0) is 73.0 Å². The van der Waals surface area contributed by atoms with Crippen molar-refractivity contribution in [2.24, 2.45) is 0 Å². The molecule has 0 spiro atoms. The van der Waals surface area contributed by atoms with Gasteiger partial charge in [0.15, 0.2) is 0 Å². The molecule has 1 heterocycles. The van der Waals surface area contributed by atoms with Crippen molar-refractivity contribution < 1.29 is 24.5 Å². The highest BCUT2D eigenvalue weighted by Gasteiger charge is 2.45. The van der Waals surface area contributed by atoms with Crippen LogP contribution in [0, 0.1) is 0 Å². The number of ether oxygens (including phenoxy) is 1. The Bertz CT molecular complexity index is 1220. The number of phenols is 1. The van der Waals surface area contributed by atoms with E-state index in [2.05, 4.69) is 0 Å². The van der Waals surface area contributed by atoms with Gasteiger partial charge >= 0.3 is 0 Å². The van der Waals surface area contributed by atoms with Crippen LogP contribution in [0.2, 0.25) is 5.02 Å². The molecule has 0 aromatic heterocycles. The molecular weight excluding hydrogens is 454 g/mol. The molecule has 1 aliphatic heterocycles. The number of aliphatic hydroxyl groups is 1. The molecular formula is C27H24ClNO5. The zero-order valence-electron chi connectivity index (χ0n) is 18.6. The number of likely N-dealkylation sites (tertiary alicyclic amines) is 1. The predicted molar refractivity (Wildman–Crippen MR) is 130 cm³/mol. The number of Topliss-reactive ketones (excluding diaryl/α,β-unsaturated/α-hetero) is 1. The fraction of sp³-hybridized carbons (Fsp3) is 0.185. The minimum atomic E-state index is -0.792. The highest BCUT2D eigenvalue weighted by atomic mass is 35.5. The number of nitrogens with zero attached hydrogens (tertiary/aromatic N) is 1. The van der Waals surface area contributed by atoms with E-state index in [9.17, 15) is 19.8 Å². The van der Waals surface area contributed by atoms with E-state index in [1.165, 1.54) is 17.0 Å². The van der Waals surface area contributed by atoms with Gasteiger partial charge in [-0.1, -0.05) is 35.9 Å². The fourth-order valence-electron chi connectivity index (χ4n) is 4.05. The highest BCUT2D eigenvalue weighted by Crippen LogP contribution is 2.40. The summed E-state index contributed by atoms with van der Waals surface area (Å²) >= 11 is 5.97. The second-order valence-corrected chi connectivity index (χ2v) is 8.35. The second-order valence-electron chi connectivity index (χ2n) is 7.92. The Balaban J connectivity index is 1.73. The molecule has 6 nitrogen and oxygen atoms in total. The van der Waals surface area contributed by atoms with Crippen molar-refractivity contribution in [3.8, 4) is 11.5 Å². The van der Waals surface area contributed by atoms with E-state index >= 15 is 0 Å². The zero-order chi connectivity index (χ0) is 24.2. The van der Waals surface area contributed by atoms with Gasteiger partial charge < -0.3 is 19.8 Å². The van der Waals surface area contributed by atoms with Crippen LogP contribution in [-0.4, -0.2) is 40.0 Å². The van der Waals surface area contributed by atoms with Crippen LogP contribution in [0.1, 0.15) is 29.7 Å². The number of halogens is 1. The van der Waals surface area contributed by atoms with E-state index in [0.29, 0.717) is 34.9 Å². The number of phenolic OH excluding ortho intramolecular Hbond substituents is 1. The first-order valence-electron chi connectivity index (χ1n) is 10.9. The number of benzene rings is 3. The average Bonchev–Trinajstić information content (AvgIpc) is 3.09. The van der Waals surface area contributed by atoms with Gasteiger partial charge in [-0.15, -0.1) is 0 Å². The molecule has 7 heteroatoms. The summed E-state index contributed by atoms with van der Waals surface area (Å²) in [6, 6.07) is 19.5. The van der Waals surface area contributed by atoms with Gasteiger partial charge in [0.25, 0.3) is 11.7 Å². The van der Waals surface area contributed by atoms with Crippen LogP contribution in [0.3, 0.4) is 0 Å². The fourth-order valence-corrected chi connectivity index (χ4v) is 4.17. The lowest BCUT2D eigenvalue weighted by atomic mass is 9.95. The van der Waals surface area contributed by atoms with E-state index in [0.717, 1.165) is 5.56 Å². The summed E-state index contributed by atoms with van der Waals surface area (Å²) < 4.78 is 5.45. The molecule has 4 rings (SSSR count). The van der Waals surface area contributed by atoms with E-state index in [4.69, 9.17) is 16.3 Å². The van der Waals surface area contributed by atoms with Crippen LogP contribution < -0.4 is 4.74 Å². The Labute approximate surface area is 202 Å². The maximum atomic E-state index is 13.1. The first-order chi connectivity index (χ1) is 16.4. The summed E-state index contributed by atoms with van der Waals surface area (Å²) in [5, 5.41) is 21.5. The molecule has 3 aromatic rings. The lowest BCUT2D eigenvalue weighted by Crippen LogP contribution is -2.31. The molecule has 0 bridgehead atoms. The van der Waals surface area contributed by atoms with Gasteiger partial charge in [0, 0.05) is 17.1 Å². The molecule has 0 radical (unpaired) electrons. The van der Waals surface area contributed by atoms with Crippen molar-refractivity contribution in [3.63, 3.8) is 0 Å². The zero-order valence-corrected chi connectivity index (χ0v) is 19.3. The van der Waals surface area contributed by atoms with Crippen LogP contribution in [0.4, 0.5) is 0 Å². The monoisotopic (exact) mass is 477 g/mol. The third-order valence-electron chi connectivity index (χ3n) is 5.74. The largest absolute Gasteiger partial charge is 0.508 e. The summed E-state index contributed by atoms with van der Waals surface area (Å²) in [6.07, 6.45) is 0.502. The lowest BCUT2D eigenvalue weighted by Gasteiger charge is -2.25. The summed E-state index contributed by atoms with van der Waals surface area (Å²) in [6.45, 7) is 2.64. The molecule has 1 unspecified atom stereocenters. The molecule has 0 aliphatic carbocycles. The molecule has 1 aliphatic rings. The molecule has 1 fully saturated rings. The molecule has 3 aromatic carbocycles. The molecule has 174 valence electrons. The second kappa shape index (κ2) is 10.0. The minimum absolute atomic E-state index is 0.0101. The number of hydrogen-bond donors (Lipinski definition) is 2. The van der Waals surface area contributed by atoms with Crippen molar-refractivity contribution in [1.82, 2.24) is 4.90 Å². The molecule has 1 amide bonds. The van der Waals surface area contributed by atoms with Crippen molar-refractivity contribution in [2.75, 3.05) is 13.2 Å². The maximum absolute atomic E-state index is 13.1. The Morgan fingerprint density at radius 2 is 1.62 bits per heavy atom. The van der Waals surface area contributed by atoms with E-state index < -0.39 is 17.7 Å². The molecule has 34 heavy (non-hydrogen) atoms. The van der Waals surface area contributed by atoms with E-state index in [1.54, 1.807) is 48.5 Å². The molecule has 1 saturated heterocycles. The SMILES string of the molecule is CCOc1ccc(/C(O)=C2/C(=O)C(=O)N(CCc3ccc(Cl)cc3)C2c2ccc(O)cc2)cc1. The van der Waals surface area contributed by atoms with Crippen LogP contribution in [0.15, 0.2) is 78.4 Å². The predicted octanol–water partition coefficient (Wildman–Crippen LogP) is 5.11. The number of carbonyl (C=O) groups is 2. The Kier molecular flexibility index (Phi) is 6.89. The van der Waals surface area contributed by atoms with Gasteiger partial charge in [0.1, 0.15) is 17.3 Å². The van der Waals surface area contributed by atoms with Gasteiger partial charge in [-0.3, -0.25) is 9.59 Å². The Morgan fingerprint density at radius 3 is 2.24 bits per heavy atom. The highest BCUT2D eigenvalue weighted by molar-refractivity contribution is 6.46.